The molecule has 0 aromatic carbocycles. The molecule has 4 heteroatoms. The maximum Gasteiger partial charge on any atom is 0.254 e. The first-order valence-corrected chi connectivity index (χ1v) is 5.94. The van der Waals surface area contributed by atoms with Gasteiger partial charge in [0.05, 0.1) is 10.6 Å². The quantitative estimate of drug-likeness (QED) is 0.860. The second kappa shape index (κ2) is 6.48. The van der Waals surface area contributed by atoms with Gasteiger partial charge in [0.15, 0.2) is 0 Å². The highest BCUT2D eigenvalue weighted by molar-refractivity contribution is 6.33. The predicted octanol–water partition coefficient (Wildman–Crippen LogP) is 2.90. The molecule has 88 valence electrons. The molecule has 0 fully saturated rings. The number of hydrogen-bond acceptors (Lipinski definition) is 2. The summed E-state index contributed by atoms with van der Waals surface area (Å²) in [5.74, 6) is 0.379. The summed E-state index contributed by atoms with van der Waals surface area (Å²) >= 11 is 5.90. The Morgan fingerprint density at radius 1 is 1.50 bits per heavy atom. The van der Waals surface area contributed by atoms with E-state index in [1.54, 1.807) is 12.3 Å². The number of nitrogens with zero attached hydrogens (tertiary/aromatic N) is 1. The summed E-state index contributed by atoms with van der Waals surface area (Å²) in [5, 5.41) is 3.32. The highest BCUT2D eigenvalue weighted by atomic mass is 35.5. The molecule has 3 nitrogen and oxygen atoms in total. The van der Waals surface area contributed by atoms with Crippen molar-refractivity contribution in [3.63, 3.8) is 0 Å². The van der Waals surface area contributed by atoms with E-state index < -0.39 is 0 Å². The Hall–Kier alpha value is -1.09. The maximum atomic E-state index is 11.8. The minimum absolute atomic E-state index is 0.148. The molecule has 0 aliphatic heterocycles. The lowest BCUT2D eigenvalue weighted by Gasteiger charge is -2.13. The number of hydrogen-bond donors (Lipinski definition) is 1. The van der Waals surface area contributed by atoms with Gasteiger partial charge in [0.2, 0.25) is 0 Å². The van der Waals surface area contributed by atoms with Crippen LogP contribution in [-0.4, -0.2) is 17.4 Å². The lowest BCUT2D eigenvalue weighted by atomic mass is 10.0. The third kappa shape index (κ3) is 3.49. The lowest BCUT2D eigenvalue weighted by Crippen LogP contribution is -2.29. The van der Waals surface area contributed by atoms with Gasteiger partial charge in [-0.1, -0.05) is 38.3 Å². The highest BCUT2D eigenvalue weighted by Gasteiger charge is 2.11. The van der Waals surface area contributed by atoms with Gasteiger partial charge in [0.25, 0.3) is 5.91 Å². The molecule has 0 saturated carbocycles. The summed E-state index contributed by atoms with van der Waals surface area (Å²) in [5.41, 5.74) is 0.440. The zero-order valence-corrected chi connectivity index (χ0v) is 10.4. The van der Waals surface area contributed by atoms with Crippen molar-refractivity contribution in [1.29, 1.82) is 0 Å². The van der Waals surface area contributed by atoms with Crippen LogP contribution < -0.4 is 5.32 Å². The largest absolute Gasteiger partial charge is 0.352 e. The molecule has 0 aliphatic carbocycles. The van der Waals surface area contributed by atoms with Gasteiger partial charge in [-0.2, -0.15) is 0 Å². The molecule has 0 radical (unpaired) electrons. The van der Waals surface area contributed by atoms with Crippen LogP contribution in [0.4, 0.5) is 0 Å². The molecule has 0 unspecified atom stereocenters. The molecule has 1 aromatic heterocycles. The highest BCUT2D eigenvalue weighted by Crippen LogP contribution is 2.13. The first kappa shape index (κ1) is 13.0. The zero-order valence-electron chi connectivity index (χ0n) is 9.66. The Balaban J connectivity index is 2.56. The summed E-state index contributed by atoms with van der Waals surface area (Å²) in [7, 11) is 0. The summed E-state index contributed by atoms with van der Waals surface area (Å²) < 4.78 is 0. The van der Waals surface area contributed by atoms with Gasteiger partial charge in [-0.05, 0) is 12.0 Å². The van der Waals surface area contributed by atoms with Crippen LogP contribution >= 0.6 is 11.6 Å². The number of carbonyl (C=O) groups is 1. The Kier molecular flexibility index (Phi) is 5.26. The molecule has 1 amide bonds. The number of pyridine rings is 1. The van der Waals surface area contributed by atoms with E-state index in [0.717, 1.165) is 12.8 Å². The second-order valence-corrected chi connectivity index (χ2v) is 4.16. The van der Waals surface area contributed by atoms with Crippen LogP contribution in [0.5, 0.6) is 0 Å². The number of aromatic nitrogens is 1. The van der Waals surface area contributed by atoms with Gasteiger partial charge in [0, 0.05) is 18.9 Å². The van der Waals surface area contributed by atoms with Crippen molar-refractivity contribution in [2.45, 2.75) is 26.7 Å². The van der Waals surface area contributed by atoms with E-state index in [4.69, 9.17) is 11.6 Å². The van der Waals surface area contributed by atoms with Gasteiger partial charge in [-0.25, -0.2) is 0 Å². The molecule has 1 heterocycles. The molecule has 0 saturated heterocycles. The van der Waals surface area contributed by atoms with Crippen LogP contribution in [0.2, 0.25) is 5.02 Å². The smallest absolute Gasteiger partial charge is 0.254 e. The average Bonchev–Trinajstić information content (AvgIpc) is 2.30. The normalized spacial score (nSPS) is 10.5. The van der Waals surface area contributed by atoms with Crippen molar-refractivity contribution < 1.29 is 4.79 Å². The van der Waals surface area contributed by atoms with Crippen LogP contribution in [0.25, 0.3) is 0 Å². The van der Waals surface area contributed by atoms with E-state index in [0.29, 0.717) is 23.0 Å². The van der Waals surface area contributed by atoms with Crippen LogP contribution in [0, 0.1) is 5.92 Å². The average molecular weight is 241 g/mol. The van der Waals surface area contributed by atoms with Crippen molar-refractivity contribution in [3.05, 3.63) is 29.0 Å². The third-order valence-corrected chi connectivity index (χ3v) is 3.05. The first-order valence-electron chi connectivity index (χ1n) is 5.56. The van der Waals surface area contributed by atoms with E-state index in [1.807, 2.05) is 0 Å². The summed E-state index contributed by atoms with van der Waals surface area (Å²) in [6.45, 7) is 4.94. The Labute approximate surface area is 101 Å². The lowest BCUT2D eigenvalue weighted by molar-refractivity contribution is 0.0946. The Morgan fingerprint density at radius 3 is 2.75 bits per heavy atom. The number of nitrogens with one attached hydrogen (secondary N) is 1. The number of halogens is 1. The molecular weight excluding hydrogens is 224 g/mol. The second-order valence-electron chi connectivity index (χ2n) is 3.75. The molecule has 16 heavy (non-hydrogen) atoms. The maximum absolute atomic E-state index is 11.8. The molecule has 0 aliphatic rings. The molecular formula is C12H17ClN2O. The SMILES string of the molecule is CCC(CC)CNC(=O)c1cnccc1Cl. The Bertz CT molecular complexity index is 351. The van der Waals surface area contributed by atoms with Crippen LogP contribution in [0.3, 0.4) is 0 Å². The van der Waals surface area contributed by atoms with Gasteiger partial charge >= 0.3 is 0 Å². The zero-order chi connectivity index (χ0) is 12.0. The fourth-order valence-corrected chi connectivity index (χ4v) is 1.65. The molecule has 0 atom stereocenters. The van der Waals surface area contributed by atoms with Crippen LogP contribution in [0.1, 0.15) is 37.0 Å². The van der Waals surface area contributed by atoms with E-state index in [2.05, 4.69) is 24.1 Å². The molecule has 0 bridgehead atoms. The standard InChI is InChI=1S/C12H17ClN2O/c1-3-9(4-2)7-15-12(16)10-8-14-6-5-11(10)13/h5-6,8-9H,3-4,7H2,1-2H3,(H,15,16). The third-order valence-electron chi connectivity index (χ3n) is 2.72. The van der Waals surface area contributed by atoms with Crippen molar-refractivity contribution in [1.82, 2.24) is 10.3 Å². The van der Waals surface area contributed by atoms with Gasteiger partial charge in [-0.15, -0.1) is 0 Å². The topological polar surface area (TPSA) is 42.0 Å². The van der Waals surface area contributed by atoms with Gasteiger partial charge in [0.1, 0.15) is 0 Å². The van der Waals surface area contributed by atoms with Crippen molar-refractivity contribution in [3.8, 4) is 0 Å². The van der Waals surface area contributed by atoms with Crippen molar-refractivity contribution in [2.24, 2.45) is 5.92 Å². The molecule has 1 rings (SSSR count). The monoisotopic (exact) mass is 240 g/mol. The number of amides is 1. The molecule has 0 spiro atoms. The minimum atomic E-state index is -0.148. The summed E-state index contributed by atoms with van der Waals surface area (Å²) in [6, 6.07) is 1.62. The van der Waals surface area contributed by atoms with E-state index in [-0.39, 0.29) is 5.91 Å². The molecule has 1 aromatic rings. The minimum Gasteiger partial charge on any atom is -0.352 e. The number of carbonyl (C=O) groups excluding carboxylic acids is 1. The van der Waals surface area contributed by atoms with Gasteiger partial charge in [-0.3, -0.25) is 9.78 Å². The van der Waals surface area contributed by atoms with Gasteiger partial charge < -0.3 is 5.32 Å². The number of rotatable bonds is 5. The first-order chi connectivity index (χ1) is 7.69. The van der Waals surface area contributed by atoms with E-state index in [1.165, 1.54) is 6.20 Å². The molecule has 1 N–H and O–H groups in total. The van der Waals surface area contributed by atoms with E-state index in [9.17, 15) is 4.79 Å². The van der Waals surface area contributed by atoms with Crippen LogP contribution in [-0.2, 0) is 0 Å². The van der Waals surface area contributed by atoms with E-state index >= 15 is 0 Å². The fourth-order valence-electron chi connectivity index (χ4n) is 1.45. The van der Waals surface area contributed by atoms with Crippen LogP contribution in [0.15, 0.2) is 18.5 Å². The summed E-state index contributed by atoms with van der Waals surface area (Å²) in [6.07, 6.45) is 5.19. The Morgan fingerprint density at radius 2 is 2.19 bits per heavy atom. The van der Waals surface area contributed by atoms with Crippen molar-refractivity contribution >= 4 is 17.5 Å². The predicted molar refractivity (Wildman–Crippen MR) is 65.7 cm³/mol. The fraction of sp³-hybridized carbons (Fsp3) is 0.500. The summed E-state index contributed by atoms with van der Waals surface area (Å²) in [4.78, 5) is 15.7. The van der Waals surface area contributed by atoms with Crippen molar-refractivity contribution in [2.75, 3.05) is 6.54 Å².